The third kappa shape index (κ3) is 5.86. The molecule has 0 unspecified atom stereocenters. The van der Waals surface area contributed by atoms with E-state index in [2.05, 4.69) is 15.0 Å². The molecule has 0 aliphatic heterocycles. The summed E-state index contributed by atoms with van der Waals surface area (Å²) >= 11 is 5.58. The van der Waals surface area contributed by atoms with Crippen LogP contribution in [0.1, 0.15) is 20.3 Å². The molecule has 0 aromatic carbocycles. The summed E-state index contributed by atoms with van der Waals surface area (Å²) in [4.78, 5) is 24.6. The van der Waals surface area contributed by atoms with E-state index in [0.29, 0.717) is 12.5 Å². The number of hydrogen-bond acceptors (Lipinski definition) is 4. The van der Waals surface area contributed by atoms with Gasteiger partial charge in [0, 0.05) is 25.7 Å². The Kier molecular flexibility index (Phi) is 6.38. The van der Waals surface area contributed by atoms with Crippen LogP contribution >= 0.6 is 11.6 Å². The molecule has 0 spiro atoms. The summed E-state index contributed by atoms with van der Waals surface area (Å²) < 4.78 is 26.1. The normalized spacial score (nSPS) is 11.6. The summed E-state index contributed by atoms with van der Waals surface area (Å²) in [7, 11) is -3.81. The molecule has 1 heterocycles. The summed E-state index contributed by atoms with van der Waals surface area (Å²) in [6, 6.07) is 1.06. The lowest BCUT2D eigenvalue weighted by Gasteiger charge is -2.09. The van der Waals surface area contributed by atoms with Crippen molar-refractivity contribution >= 4 is 27.5 Å². The molecule has 118 valence electrons. The van der Waals surface area contributed by atoms with Crippen molar-refractivity contribution in [3.63, 3.8) is 0 Å². The monoisotopic (exact) mass is 335 g/mol. The van der Waals surface area contributed by atoms with Crippen molar-refractivity contribution in [1.82, 2.24) is 15.0 Å². The first-order valence-electron chi connectivity index (χ1n) is 6.37. The molecule has 0 atom stereocenters. The fourth-order valence-electron chi connectivity index (χ4n) is 1.38. The molecule has 0 saturated carbocycles. The van der Waals surface area contributed by atoms with E-state index in [1.807, 2.05) is 13.8 Å². The maximum Gasteiger partial charge on any atom is 0.266 e. The van der Waals surface area contributed by atoms with Gasteiger partial charge in [-0.15, -0.1) is 0 Å². The van der Waals surface area contributed by atoms with Gasteiger partial charge in [-0.05, 0) is 12.0 Å². The fourth-order valence-corrected chi connectivity index (χ4v) is 2.64. The minimum Gasteiger partial charge on any atom is -0.356 e. The maximum absolute atomic E-state index is 11.9. The van der Waals surface area contributed by atoms with Gasteiger partial charge in [-0.3, -0.25) is 9.59 Å². The van der Waals surface area contributed by atoms with Crippen LogP contribution in [0.15, 0.2) is 22.0 Å². The number of hydrogen-bond donors (Lipinski definition) is 3. The number of pyridine rings is 1. The Hall–Kier alpha value is -1.38. The third-order valence-electron chi connectivity index (χ3n) is 2.49. The van der Waals surface area contributed by atoms with Gasteiger partial charge in [-0.2, -0.15) is 0 Å². The van der Waals surface area contributed by atoms with E-state index < -0.39 is 15.6 Å². The molecule has 3 N–H and O–H groups in total. The highest BCUT2D eigenvalue weighted by molar-refractivity contribution is 7.89. The van der Waals surface area contributed by atoms with E-state index in [0.717, 1.165) is 12.3 Å². The van der Waals surface area contributed by atoms with E-state index in [1.165, 1.54) is 0 Å². The first-order chi connectivity index (χ1) is 9.72. The van der Waals surface area contributed by atoms with Gasteiger partial charge in [0.2, 0.25) is 15.9 Å². The fraction of sp³-hybridized carbons (Fsp3) is 0.500. The number of sulfonamides is 1. The quantitative estimate of drug-likeness (QED) is 0.673. The highest BCUT2D eigenvalue weighted by Gasteiger charge is 2.15. The molecule has 0 fully saturated rings. The van der Waals surface area contributed by atoms with Gasteiger partial charge >= 0.3 is 0 Å². The van der Waals surface area contributed by atoms with Crippen LogP contribution in [0.25, 0.3) is 0 Å². The van der Waals surface area contributed by atoms with Crippen LogP contribution in [0.4, 0.5) is 0 Å². The molecule has 1 aromatic heterocycles. The minimum atomic E-state index is -3.81. The van der Waals surface area contributed by atoms with E-state index in [1.54, 1.807) is 0 Å². The van der Waals surface area contributed by atoms with Crippen LogP contribution in [-0.2, 0) is 14.8 Å². The number of nitrogens with one attached hydrogen (secondary N) is 3. The highest BCUT2D eigenvalue weighted by Crippen LogP contribution is 2.10. The lowest BCUT2D eigenvalue weighted by Crippen LogP contribution is -2.32. The molecule has 0 saturated heterocycles. The zero-order valence-corrected chi connectivity index (χ0v) is 13.3. The van der Waals surface area contributed by atoms with Crippen LogP contribution < -0.4 is 15.6 Å². The zero-order chi connectivity index (χ0) is 16.0. The van der Waals surface area contributed by atoms with Gasteiger partial charge in [0.25, 0.3) is 5.56 Å². The molecule has 21 heavy (non-hydrogen) atoms. The molecule has 1 amide bonds. The standard InChI is InChI=1S/C12H18ClN3O4S/c1-8(2)6-14-11(17)3-4-16-21(19,20)9-5-10(13)12(18)15-7-9/h5,7-8,16H,3-4,6H2,1-2H3,(H,14,17)(H,15,18). The molecule has 9 heteroatoms. The largest absolute Gasteiger partial charge is 0.356 e. The van der Waals surface area contributed by atoms with Crippen LogP contribution in [0.5, 0.6) is 0 Å². The number of aromatic nitrogens is 1. The molecular weight excluding hydrogens is 318 g/mol. The van der Waals surface area contributed by atoms with Gasteiger partial charge in [0.15, 0.2) is 0 Å². The second-order valence-electron chi connectivity index (χ2n) is 4.86. The van der Waals surface area contributed by atoms with Crippen molar-refractivity contribution in [1.29, 1.82) is 0 Å². The third-order valence-corrected chi connectivity index (χ3v) is 4.21. The van der Waals surface area contributed by atoms with Crippen molar-refractivity contribution < 1.29 is 13.2 Å². The van der Waals surface area contributed by atoms with Crippen molar-refractivity contribution in [3.8, 4) is 0 Å². The topological polar surface area (TPSA) is 108 Å². The van der Waals surface area contributed by atoms with Crippen molar-refractivity contribution in [2.24, 2.45) is 5.92 Å². The van der Waals surface area contributed by atoms with Gasteiger partial charge in [0.05, 0.1) is 4.90 Å². The minimum absolute atomic E-state index is 0.0308. The number of carbonyl (C=O) groups excluding carboxylic acids is 1. The molecule has 0 aliphatic rings. The summed E-state index contributed by atoms with van der Waals surface area (Å²) in [5, 5.41) is 2.47. The van der Waals surface area contributed by atoms with Crippen molar-refractivity contribution in [2.45, 2.75) is 25.2 Å². The maximum atomic E-state index is 11.9. The van der Waals surface area contributed by atoms with Crippen LogP contribution in [-0.4, -0.2) is 32.4 Å². The Bertz CT molecular complexity index is 655. The Labute approximate surface area is 128 Å². The van der Waals surface area contributed by atoms with Crippen molar-refractivity contribution in [3.05, 3.63) is 27.6 Å². The SMILES string of the molecule is CC(C)CNC(=O)CCNS(=O)(=O)c1c[nH]c(=O)c(Cl)c1. The number of amides is 1. The number of carbonyl (C=O) groups is 1. The summed E-state index contributed by atoms with van der Waals surface area (Å²) in [6.07, 6.45) is 1.08. The van der Waals surface area contributed by atoms with Gasteiger partial charge in [-0.25, -0.2) is 13.1 Å². The molecule has 0 bridgehead atoms. The first-order valence-corrected chi connectivity index (χ1v) is 8.23. The Morgan fingerprint density at radius 1 is 1.43 bits per heavy atom. The molecule has 0 radical (unpaired) electrons. The predicted octanol–water partition coefficient (Wildman–Crippen LogP) is 0.469. The van der Waals surface area contributed by atoms with Gasteiger partial charge in [-0.1, -0.05) is 25.4 Å². The highest BCUT2D eigenvalue weighted by atomic mass is 35.5. The summed E-state index contributed by atoms with van der Waals surface area (Å²) in [5.74, 6) is 0.0971. The van der Waals surface area contributed by atoms with E-state index >= 15 is 0 Å². The van der Waals surface area contributed by atoms with Gasteiger partial charge < -0.3 is 10.3 Å². The molecule has 1 aromatic rings. The van der Waals surface area contributed by atoms with Crippen molar-refractivity contribution in [2.75, 3.05) is 13.1 Å². The summed E-state index contributed by atoms with van der Waals surface area (Å²) in [5.41, 5.74) is -0.566. The predicted molar refractivity (Wildman–Crippen MR) is 79.7 cm³/mol. The smallest absolute Gasteiger partial charge is 0.266 e. The Morgan fingerprint density at radius 2 is 2.10 bits per heavy atom. The number of H-pyrrole nitrogens is 1. The molecular formula is C12H18ClN3O4S. The van der Waals surface area contributed by atoms with Crippen LogP contribution in [0.3, 0.4) is 0 Å². The second-order valence-corrected chi connectivity index (χ2v) is 7.03. The first kappa shape index (κ1) is 17.7. The lowest BCUT2D eigenvalue weighted by atomic mass is 10.2. The average molecular weight is 336 g/mol. The van der Waals surface area contributed by atoms with E-state index in [4.69, 9.17) is 11.6 Å². The lowest BCUT2D eigenvalue weighted by molar-refractivity contribution is -0.121. The number of rotatable bonds is 7. The van der Waals surface area contributed by atoms with E-state index in [-0.39, 0.29) is 28.8 Å². The van der Waals surface area contributed by atoms with Crippen LogP contribution in [0, 0.1) is 5.92 Å². The zero-order valence-electron chi connectivity index (χ0n) is 11.8. The molecule has 7 nitrogen and oxygen atoms in total. The van der Waals surface area contributed by atoms with Gasteiger partial charge in [0.1, 0.15) is 5.02 Å². The number of aromatic amines is 1. The second kappa shape index (κ2) is 7.58. The Balaban J connectivity index is 2.55. The molecule has 1 rings (SSSR count). The Morgan fingerprint density at radius 3 is 2.67 bits per heavy atom. The van der Waals surface area contributed by atoms with E-state index in [9.17, 15) is 18.0 Å². The van der Waals surface area contributed by atoms with Crippen LogP contribution in [0.2, 0.25) is 5.02 Å². The number of halogens is 1. The summed E-state index contributed by atoms with van der Waals surface area (Å²) in [6.45, 7) is 4.43. The average Bonchev–Trinajstić information content (AvgIpc) is 2.39. The molecule has 0 aliphatic carbocycles.